The zero-order valence-electron chi connectivity index (χ0n) is 17.0. The molecule has 0 bridgehead atoms. The van der Waals surface area contributed by atoms with E-state index in [4.69, 9.17) is 4.74 Å². The van der Waals surface area contributed by atoms with E-state index in [1.807, 2.05) is 38.1 Å². The van der Waals surface area contributed by atoms with Crippen molar-refractivity contribution in [2.45, 2.75) is 33.3 Å². The number of aryl methyl sites for hydroxylation is 1. The number of nitrogens with one attached hydrogen (secondary N) is 2. The summed E-state index contributed by atoms with van der Waals surface area (Å²) in [6.45, 7) is 5.14. The molecule has 2 N–H and O–H groups in total. The van der Waals surface area contributed by atoms with Crippen molar-refractivity contribution in [3.8, 4) is 0 Å². The number of hydrogen-bond donors (Lipinski definition) is 2. The molecular weight excluding hydrogens is 370 g/mol. The molecule has 0 aliphatic heterocycles. The molecule has 2 aromatic carbocycles. The minimum atomic E-state index is -0.501. The van der Waals surface area contributed by atoms with Gasteiger partial charge in [-0.05, 0) is 50.1 Å². The van der Waals surface area contributed by atoms with E-state index in [0.717, 1.165) is 5.56 Å². The fourth-order valence-electron chi connectivity index (χ4n) is 2.55. The summed E-state index contributed by atoms with van der Waals surface area (Å²) in [6.07, 6.45) is 0.458. The molecule has 154 valence electrons. The molecule has 2 aromatic rings. The Morgan fingerprint density at radius 1 is 1.07 bits per heavy atom. The molecule has 0 heterocycles. The maximum atomic E-state index is 12.7. The molecule has 0 aliphatic carbocycles. The first kappa shape index (κ1) is 21.9. The summed E-state index contributed by atoms with van der Waals surface area (Å²) in [5, 5.41) is 5.21. The molecule has 0 spiro atoms. The molecule has 0 aromatic heterocycles. The molecule has 7 heteroatoms. The maximum Gasteiger partial charge on any atom is 0.326 e. The predicted molar refractivity (Wildman–Crippen MR) is 113 cm³/mol. The van der Waals surface area contributed by atoms with Crippen molar-refractivity contribution in [2.24, 2.45) is 0 Å². The zero-order chi connectivity index (χ0) is 21.2. The standard InChI is InChI=1S/C22H27N3O4/c1-4-17(3)29-21(27)15-25(19-11-6-5-7-12-19)20(26)14-23-22(28)24-18-10-8-9-16(2)13-18/h5-13,17H,4,14-15H2,1-3H3,(H2,23,24,28). The van der Waals surface area contributed by atoms with Gasteiger partial charge in [0.1, 0.15) is 6.54 Å². The van der Waals surface area contributed by atoms with Crippen molar-refractivity contribution in [2.75, 3.05) is 23.3 Å². The van der Waals surface area contributed by atoms with E-state index >= 15 is 0 Å². The van der Waals surface area contributed by atoms with Crippen molar-refractivity contribution in [1.29, 1.82) is 0 Å². The van der Waals surface area contributed by atoms with Gasteiger partial charge in [0.05, 0.1) is 12.6 Å². The largest absolute Gasteiger partial charge is 0.461 e. The molecule has 0 fully saturated rings. The van der Waals surface area contributed by atoms with Crippen LogP contribution in [0.4, 0.5) is 16.2 Å². The van der Waals surface area contributed by atoms with Gasteiger partial charge < -0.3 is 15.4 Å². The van der Waals surface area contributed by atoms with Gasteiger partial charge >= 0.3 is 12.0 Å². The fraction of sp³-hybridized carbons (Fsp3) is 0.318. The lowest BCUT2D eigenvalue weighted by atomic mass is 10.2. The van der Waals surface area contributed by atoms with E-state index in [1.54, 1.807) is 37.3 Å². The third-order valence-corrected chi connectivity index (χ3v) is 4.24. The van der Waals surface area contributed by atoms with Crippen LogP contribution in [0.1, 0.15) is 25.8 Å². The third kappa shape index (κ3) is 7.29. The normalized spacial score (nSPS) is 11.3. The van der Waals surface area contributed by atoms with E-state index in [0.29, 0.717) is 17.8 Å². The Morgan fingerprint density at radius 2 is 1.79 bits per heavy atom. The van der Waals surface area contributed by atoms with Crippen LogP contribution in [0.15, 0.2) is 54.6 Å². The fourth-order valence-corrected chi connectivity index (χ4v) is 2.55. The van der Waals surface area contributed by atoms with Crippen molar-refractivity contribution in [3.63, 3.8) is 0 Å². The summed E-state index contributed by atoms with van der Waals surface area (Å²) >= 11 is 0. The Morgan fingerprint density at radius 3 is 2.45 bits per heavy atom. The lowest BCUT2D eigenvalue weighted by Crippen LogP contribution is -2.44. The van der Waals surface area contributed by atoms with E-state index in [-0.39, 0.29) is 19.2 Å². The first-order valence-electron chi connectivity index (χ1n) is 9.55. The second-order valence-corrected chi connectivity index (χ2v) is 6.70. The molecular formula is C22H27N3O4. The minimum Gasteiger partial charge on any atom is -0.461 e. The summed E-state index contributed by atoms with van der Waals surface area (Å²) < 4.78 is 5.28. The van der Waals surface area contributed by atoms with Gasteiger partial charge in [-0.2, -0.15) is 0 Å². The first-order chi connectivity index (χ1) is 13.9. The number of ether oxygens (including phenoxy) is 1. The van der Waals surface area contributed by atoms with E-state index in [9.17, 15) is 14.4 Å². The van der Waals surface area contributed by atoms with Crippen molar-refractivity contribution in [1.82, 2.24) is 5.32 Å². The predicted octanol–water partition coefficient (Wildman–Crippen LogP) is 3.49. The van der Waals surface area contributed by atoms with Crippen LogP contribution in [0.5, 0.6) is 0 Å². The second-order valence-electron chi connectivity index (χ2n) is 6.70. The maximum absolute atomic E-state index is 12.7. The van der Waals surface area contributed by atoms with Gasteiger partial charge in [0.25, 0.3) is 0 Å². The summed E-state index contributed by atoms with van der Waals surface area (Å²) in [7, 11) is 0. The Bertz CT molecular complexity index is 839. The number of carbonyl (C=O) groups excluding carboxylic acids is 3. The molecule has 1 atom stereocenters. The van der Waals surface area contributed by atoms with E-state index in [2.05, 4.69) is 10.6 Å². The number of nitrogens with zero attached hydrogens (tertiary/aromatic N) is 1. The number of hydrogen-bond acceptors (Lipinski definition) is 4. The first-order valence-corrected chi connectivity index (χ1v) is 9.55. The van der Waals surface area contributed by atoms with Crippen LogP contribution in [-0.4, -0.2) is 37.1 Å². The van der Waals surface area contributed by atoms with Crippen molar-refractivity contribution < 1.29 is 19.1 Å². The quantitative estimate of drug-likeness (QED) is 0.668. The van der Waals surface area contributed by atoms with Gasteiger partial charge in [0.2, 0.25) is 5.91 Å². The van der Waals surface area contributed by atoms with Crippen LogP contribution < -0.4 is 15.5 Å². The Labute approximate surface area is 171 Å². The minimum absolute atomic E-state index is 0.228. The highest BCUT2D eigenvalue weighted by Crippen LogP contribution is 2.14. The molecule has 29 heavy (non-hydrogen) atoms. The van der Waals surface area contributed by atoms with Gasteiger partial charge in [-0.3, -0.25) is 14.5 Å². The van der Waals surface area contributed by atoms with Crippen LogP contribution in [0.2, 0.25) is 0 Å². The van der Waals surface area contributed by atoms with Gasteiger partial charge in [-0.15, -0.1) is 0 Å². The molecule has 7 nitrogen and oxygen atoms in total. The highest BCUT2D eigenvalue weighted by atomic mass is 16.5. The lowest BCUT2D eigenvalue weighted by molar-refractivity contribution is -0.147. The molecule has 2 rings (SSSR count). The summed E-state index contributed by atoms with van der Waals surface area (Å²) in [5.41, 5.74) is 2.19. The molecule has 1 unspecified atom stereocenters. The Kier molecular flexibility index (Phi) is 8.21. The average molecular weight is 397 g/mol. The lowest BCUT2D eigenvalue weighted by Gasteiger charge is -2.23. The topological polar surface area (TPSA) is 87.7 Å². The van der Waals surface area contributed by atoms with Crippen molar-refractivity contribution >= 4 is 29.3 Å². The number of amides is 3. The monoisotopic (exact) mass is 397 g/mol. The number of benzene rings is 2. The highest BCUT2D eigenvalue weighted by Gasteiger charge is 2.21. The van der Waals surface area contributed by atoms with Crippen LogP contribution in [-0.2, 0) is 14.3 Å². The number of carbonyl (C=O) groups is 3. The number of esters is 1. The van der Waals surface area contributed by atoms with Crippen LogP contribution in [0.3, 0.4) is 0 Å². The van der Waals surface area contributed by atoms with Crippen LogP contribution in [0.25, 0.3) is 0 Å². The summed E-state index contributed by atoms with van der Waals surface area (Å²) in [5.74, 6) is -0.919. The van der Waals surface area contributed by atoms with E-state index < -0.39 is 17.9 Å². The summed E-state index contributed by atoms with van der Waals surface area (Å²) in [4.78, 5) is 38.3. The van der Waals surface area contributed by atoms with E-state index in [1.165, 1.54) is 4.90 Å². The van der Waals surface area contributed by atoms with Crippen LogP contribution >= 0.6 is 0 Å². The third-order valence-electron chi connectivity index (χ3n) is 4.24. The van der Waals surface area contributed by atoms with Crippen molar-refractivity contribution in [3.05, 3.63) is 60.2 Å². The number of urea groups is 1. The number of para-hydroxylation sites is 1. The Balaban J connectivity index is 1.99. The number of rotatable bonds is 8. The second kappa shape index (κ2) is 10.8. The van der Waals surface area contributed by atoms with Gasteiger partial charge in [-0.1, -0.05) is 37.3 Å². The Hall–Kier alpha value is -3.35. The average Bonchev–Trinajstić information content (AvgIpc) is 2.70. The molecule has 0 radical (unpaired) electrons. The molecule has 3 amide bonds. The SMILES string of the molecule is CCC(C)OC(=O)CN(C(=O)CNC(=O)Nc1cccc(C)c1)c1ccccc1. The summed E-state index contributed by atoms with van der Waals surface area (Å²) in [6, 6.07) is 15.6. The van der Waals surface area contributed by atoms with Crippen LogP contribution in [0, 0.1) is 6.92 Å². The van der Waals surface area contributed by atoms with Gasteiger partial charge in [0, 0.05) is 11.4 Å². The smallest absolute Gasteiger partial charge is 0.326 e. The molecule has 0 saturated carbocycles. The zero-order valence-corrected chi connectivity index (χ0v) is 17.0. The highest BCUT2D eigenvalue weighted by molar-refractivity contribution is 6.01. The van der Waals surface area contributed by atoms with Gasteiger partial charge in [-0.25, -0.2) is 4.79 Å². The number of anilines is 2. The molecule has 0 saturated heterocycles. The van der Waals surface area contributed by atoms with Gasteiger partial charge in [0.15, 0.2) is 0 Å². The molecule has 0 aliphatic rings.